The third-order valence-corrected chi connectivity index (χ3v) is 5.07. The number of nitrogens with one attached hydrogen (secondary N) is 1. The van der Waals surface area contributed by atoms with Crippen LogP contribution in [0.4, 0.5) is 5.69 Å². The van der Waals surface area contributed by atoms with Crippen LogP contribution in [-0.2, 0) is 11.0 Å². The van der Waals surface area contributed by atoms with E-state index >= 15 is 0 Å². The lowest BCUT2D eigenvalue weighted by atomic mass is 9.96. The van der Waals surface area contributed by atoms with Crippen molar-refractivity contribution in [2.24, 2.45) is 0 Å². The molecule has 0 bridgehead atoms. The lowest BCUT2D eigenvalue weighted by molar-refractivity contribution is 0.603. The van der Waals surface area contributed by atoms with Crippen molar-refractivity contribution in [1.29, 1.82) is 0 Å². The topological polar surface area (TPSA) is 32.3 Å². The van der Waals surface area contributed by atoms with Gasteiger partial charge in [0.2, 0.25) is 0 Å². The molecule has 0 spiro atoms. The molecule has 19 heavy (non-hydrogen) atoms. The zero-order valence-corrected chi connectivity index (χ0v) is 12.3. The van der Waals surface area contributed by atoms with E-state index in [1.165, 1.54) is 16.6 Å². The number of fused-ring (bicyclic) bond motifs is 3. The first-order valence-corrected chi connectivity index (χ1v) is 7.59. The van der Waals surface area contributed by atoms with Crippen LogP contribution in [0.25, 0.3) is 10.8 Å². The molecule has 0 saturated heterocycles. The molecule has 4 heteroatoms. The van der Waals surface area contributed by atoms with Gasteiger partial charge < -0.3 is 5.32 Å². The molecular formula is C15H18N2OS. The van der Waals surface area contributed by atoms with Gasteiger partial charge >= 0.3 is 0 Å². The zero-order chi connectivity index (χ0) is 13.6. The van der Waals surface area contributed by atoms with Crippen LogP contribution < -0.4 is 5.32 Å². The van der Waals surface area contributed by atoms with Crippen molar-refractivity contribution in [3.05, 3.63) is 35.9 Å². The minimum Gasteiger partial charge on any atom is -0.384 e. The maximum Gasteiger partial charge on any atom is 0.127 e. The highest BCUT2D eigenvalue weighted by atomic mass is 32.2. The highest BCUT2D eigenvalue weighted by Crippen LogP contribution is 2.38. The predicted octanol–water partition coefficient (Wildman–Crippen LogP) is 2.95. The van der Waals surface area contributed by atoms with Crippen molar-refractivity contribution in [1.82, 2.24) is 4.31 Å². The summed E-state index contributed by atoms with van der Waals surface area (Å²) in [6.07, 6.45) is 0. The third-order valence-electron chi connectivity index (χ3n) is 3.67. The molecule has 0 radical (unpaired) electrons. The number of rotatable bonds is 2. The summed E-state index contributed by atoms with van der Waals surface area (Å²) in [7, 11) is 2.58. The van der Waals surface area contributed by atoms with Gasteiger partial charge in [-0.1, -0.05) is 25.1 Å². The number of hydrogen-bond donors (Lipinski definition) is 1. The minimum atomic E-state index is -1.10. The summed E-state index contributed by atoms with van der Waals surface area (Å²) in [5, 5.41) is 5.75. The minimum absolute atomic E-state index is 0.502. The van der Waals surface area contributed by atoms with Gasteiger partial charge in [0.1, 0.15) is 11.0 Å². The first kappa shape index (κ1) is 12.6. The fourth-order valence-corrected chi connectivity index (χ4v) is 3.71. The van der Waals surface area contributed by atoms with Crippen LogP contribution in [-0.4, -0.2) is 29.2 Å². The van der Waals surface area contributed by atoms with E-state index in [9.17, 15) is 4.21 Å². The van der Waals surface area contributed by atoms with Gasteiger partial charge in [-0.3, -0.25) is 0 Å². The molecule has 1 aliphatic heterocycles. The maximum atomic E-state index is 12.4. The normalized spacial score (nSPS) is 19.5. The molecule has 100 valence electrons. The Hall–Kier alpha value is -1.39. The number of benzene rings is 2. The molecule has 0 amide bonds. The first-order valence-electron chi connectivity index (χ1n) is 6.48. The van der Waals surface area contributed by atoms with Crippen LogP contribution in [0, 0.1) is 0 Å². The van der Waals surface area contributed by atoms with Crippen LogP contribution in [0.5, 0.6) is 0 Å². The smallest absolute Gasteiger partial charge is 0.127 e. The van der Waals surface area contributed by atoms with Crippen LogP contribution in [0.3, 0.4) is 0 Å². The summed E-state index contributed by atoms with van der Waals surface area (Å²) in [6.45, 7) is 3.21. The Balaban J connectivity index is 2.29. The number of nitrogens with zero attached hydrogens (tertiary/aromatic N) is 1. The van der Waals surface area contributed by atoms with E-state index in [2.05, 4.69) is 30.4 Å². The van der Waals surface area contributed by atoms with Crippen molar-refractivity contribution in [3.63, 3.8) is 0 Å². The quantitative estimate of drug-likeness (QED) is 0.913. The lowest BCUT2D eigenvalue weighted by Crippen LogP contribution is -2.15. The van der Waals surface area contributed by atoms with Gasteiger partial charge in [-0.15, -0.1) is 0 Å². The maximum absolute atomic E-state index is 12.4. The Kier molecular flexibility index (Phi) is 3.07. The van der Waals surface area contributed by atoms with Gasteiger partial charge in [-0.25, -0.2) is 8.51 Å². The third kappa shape index (κ3) is 1.95. The molecule has 1 aliphatic rings. The molecule has 2 unspecified atom stereocenters. The highest BCUT2D eigenvalue weighted by Gasteiger charge is 2.22. The second-order valence-electron chi connectivity index (χ2n) is 5.22. The van der Waals surface area contributed by atoms with E-state index in [1.54, 1.807) is 4.31 Å². The summed E-state index contributed by atoms with van der Waals surface area (Å²) >= 11 is 0. The van der Waals surface area contributed by atoms with Crippen molar-refractivity contribution in [3.8, 4) is 0 Å². The molecule has 0 fully saturated rings. The lowest BCUT2D eigenvalue weighted by Gasteiger charge is -2.14. The van der Waals surface area contributed by atoms with Gasteiger partial charge in [0.15, 0.2) is 0 Å². The molecule has 2 aromatic carbocycles. The Morgan fingerprint density at radius 2 is 2.00 bits per heavy atom. The van der Waals surface area contributed by atoms with E-state index in [0.29, 0.717) is 5.92 Å². The Morgan fingerprint density at radius 1 is 1.21 bits per heavy atom. The number of hydrogen-bond acceptors (Lipinski definition) is 2. The van der Waals surface area contributed by atoms with Gasteiger partial charge in [0.25, 0.3) is 0 Å². The van der Waals surface area contributed by atoms with Crippen LogP contribution >= 0.6 is 0 Å². The van der Waals surface area contributed by atoms with E-state index in [1.807, 2.05) is 26.2 Å². The van der Waals surface area contributed by atoms with Gasteiger partial charge in [0, 0.05) is 18.2 Å². The van der Waals surface area contributed by atoms with Crippen LogP contribution in [0.2, 0.25) is 0 Å². The molecule has 0 aromatic heterocycles. The average molecular weight is 274 g/mol. The van der Waals surface area contributed by atoms with E-state index < -0.39 is 11.0 Å². The highest BCUT2D eigenvalue weighted by molar-refractivity contribution is 7.82. The van der Waals surface area contributed by atoms with E-state index in [4.69, 9.17) is 0 Å². The summed E-state index contributed by atoms with van der Waals surface area (Å²) in [5.74, 6) is 0.502. The Morgan fingerprint density at radius 3 is 2.74 bits per heavy atom. The SMILES string of the molecule is CC1CNc2ccc3c(S(=O)N(C)C)cccc3c21. The molecule has 2 atom stereocenters. The number of anilines is 1. The summed E-state index contributed by atoms with van der Waals surface area (Å²) < 4.78 is 14.1. The summed E-state index contributed by atoms with van der Waals surface area (Å²) in [5.41, 5.74) is 2.57. The van der Waals surface area contributed by atoms with E-state index in [0.717, 1.165) is 16.8 Å². The Bertz CT molecular complexity index is 666. The summed E-state index contributed by atoms with van der Waals surface area (Å²) in [6, 6.07) is 10.3. The molecule has 1 heterocycles. The fourth-order valence-electron chi connectivity index (χ4n) is 2.75. The molecule has 3 rings (SSSR count). The molecule has 1 N–H and O–H groups in total. The van der Waals surface area contributed by atoms with Gasteiger partial charge in [0.05, 0.1) is 4.90 Å². The molecule has 0 saturated carbocycles. The van der Waals surface area contributed by atoms with Crippen LogP contribution in [0.15, 0.2) is 35.2 Å². The second-order valence-corrected chi connectivity index (χ2v) is 6.89. The monoisotopic (exact) mass is 274 g/mol. The molecule has 3 nitrogen and oxygen atoms in total. The van der Waals surface area contributed by atoms with Gasteiger partial charge in [-0.05, 0) is 42.6 Å². The van der Waals surface area contributed by atoms with Crippen molar-refractivity contribution in [2.45, 2.75) is 17.7 Å². The first-order chi connectivity index (χ1) is 9.09. The molecular weight excluding hydrogens is 256 g/mol. The zero-order valence-electron chi connectivity index (χ0n) is 11.4. The predicted molar refractivity (Wildman–Crippen MR) is 80.9 cm³/mol. The van der Waals surface area contributed by atoms with Crippen LogP contribution in [0.1, 0.15) is 18.4 Å². The van der Waals surface area contributed by atoms with Crippen molar-refractivity contribution >= 4 is 27.4 Å². The molecule has 2 aromatic rings. The fraction of sp³-hybridized carbons (Fsp3) is 0.333. The second kappa shape index (κ2) is 4.62. The van der Waals surface area contributed by atoms with Gasteiger partial charge in [-0.2, -0.15) is 0 Å². The molecule has 0 aliphatic carbocycles. The largest absolute Gasteiger partial charge is 0.384 e. The van der Waals surface area contributed by atoms with E-state index in [-0.39, 0.29) is 0 Å². The standard InChI is InChI=1S/C15H18N2OS/c1-10-9-16-13-8-7-11-12(15(10)13)5-4-6-14(11)19(18)17(2)3/h4-8,10,16H,9H2,1-3H3. The summed E-state index contributed by atoms with van der Waals surface area (Å²) in [4.78, 5) is 0.893. The van der Waals surface area contributed by atoms with Crippen molar-refractivity contribution < 1.29 is 4.21 Å². The average Bonchev–Trinajstić information content (AvgIpc) is 2.79. The Labute approximate surface area is 116 Å². The van der Waals surface area contributed by atoms with Crippen molar-refractivity contribution in [2.75, 3.05) is 26.0 Å².